The Morgan fingerprint density at radius 1 is 1.29 bits per heavy atom. The van der Waals surface area contributed by atoms with Crippen LogP contribution in [0.4, 0.5) is 4.39 Å². The number of hydrogen-bond donors (Lipinski definition) is 2. The van der Waals surface area contributed by atoms with Crippen molar-refractivity contribution in [1.29, 1.82) is 0 Å². The Morgan fingerprint density at radius 3 is 2.76 bits per heavy atom. The predicted molar refractivity (Wildman–Crippen MR) is 67.5 cm³/mol. The first-order valence-electron chi connectivity index (χ1n) is 5.04. The van der Waals surface area contributed by atoms with Gasteiger partial charge in [0.05, 0.1) is 10.5 Å². The molecule has 0 amide bonds. The Labute approximate surface area is 107 Å². The van der Waals surface area contributed by atoms with E-state index in [4.69, 9.17) is 5.84 Å². The number of halogens is 2. The van der Waals surface area contributed by atoms with Gasteiger partial charge in [-0.05, 0) is 33.6 Å². The Kier molecular flexibility index (Phi) is 3.83. The maximum Gasteiger partial charge on any atom is 0.142 e. The summed E-state index contributed by atoms with van der Waals surface area (Å²) in [7, 11) is 0. The molecule has 0 saturated carbocycles. The number of nitrogens with two attached hydrogens (primary N) is 1. The smallest absolute Gasteiger partial charge is 0.142 e. The van der Waals surface area contributed by atoms with Gasteiger partial charge in [-0.25, -0.2) is 9.82 Å². The highest BCUT2D eigenvalue weighted by molar-refractivity contribution is 9.10. The average molecular weight is 296 g/mol. The normalized spacial score (nSPS) is 12.4. The van der Waals surface area contributed by atoms with Gasteiger partial charge in [0.2, 0.25) is 0 Å². The quantitative estimate of drug-likeness (QED) is 0.676. The molecule has 17 heavy (non-hydrogen) atoms. The lowest BCUT2D eigenvalue weighted by molar-refractivity contribution is 0.555. The van der Waals surface area contributed by atoms with E-state index in [1.807, 2.05) is 6.07 Å². The number of rotatable bonds is 3. The summed E-state index contributed by atoms with van der Waals surface area (Å²) in [6.45, 7) is 0. The van der Waals surface area contributed by atoms with Crippen LogP contribution < -0.4 is 11.3 Å². The molecule has 88 valence electrons. The third-order valence-corrected chi connectivity index (χ3v) is 3.09. The molecule has 1 unspecified atom stereocenters. The third kappa shape index (κ3) is 2.52. The van der Waals surface area contributed by atoms with Crippen molar-refractivity contribution in [3.63, 3.8) is 0 Å². The van der Waals surface area contributed by atoms with Gasteiger partial charge in [0.25, 0.3) is 0 Å². The summed E-state index contributed by atoms with van der Waals surface area (Å²) in [6, 6.07) is 8.32. The predicted octanol–water partition coefficient (Wildman–Crippen LogP) is 2.54. The van der Waals surface area contributed by atoms with Gasteiger partial charge in [-0.1, -0.05) is 18.2 Å². The van der Waals surface area contributed by atoms with Crippen molar-refractivity contribution < 1.29 is 4.39 Å². The van der Waals surface area contributed by atoms with Crippen LogP contribution in [0.3, 0.4) is 0 Å². The zero-order valence-electron chi connectivity index (χ0n) is 8.90. The minimum absolute atomic E-state index is 0.320. The number of aromatic nitrogens is 1. The van der Waals surface area contributed by atoms with Crippen molar-refractivity contribution in [2.24, 2.45) is 5.84 Å². The molecule has 0 spiro atoms. The van der Waals surface area contributed by atoms with E-state index in [1.165, 1.54) is 0 Å². The molecule has 3 N–H and O–H groups in total. The van der Waals surface area contributed by atoms with Crippen molar-refractivity contribution in [3.05, 3.63) is 64.1 Å². The SMILES string of the molecule is NNC(c1cccnc1)c1cccc(Br)c1F. The van der Waals surface area contributed by atoms with Gasteiger partial charge in [-0.3, -0.25) is 10.8 Å². The highest BCUT2D eigenvalue weighted by Gasteiger charge is 2.17. The number of nitrogens with zero attached hydrogens (tertiary/aromatic N) is 1. The van der Waals surface area contributed by atoms with Crippen LogP contribution in [-0.4, -0.2) is 4.98 Å². The first-order chi connectivity index (χ1) is 8.24. The molecule has 1 atom stereocenters. The molecule has 0 saturated heterocycles. The van der Waals surface area contributed by atoms with E-state index >= 15 is 0 Å². The maximum atomic E-state index is 14.0. The number of hydrazine groups is 1. The van der Waals surface area contributed by atoms with Crippen LogP contribution in [0.1, 0.15) is 17.2 Å². The fourth-order valence-corrected chi connectivity index (χ4v) is 2.04. The lowest BCUT2D eigenvalue weighted by Crippen LogP contribution is -2.29. The summed E-state index contributed by atoms with van der Waals surface area (Å²) < 4.78 is 14.4. The summed E-state index contributed by atoms with van der Waals surface area (Å²) >= 11 is 3.16. The van der Waals surface area contributed by atoms with Gasteiger partial charge in [0.1, 0.15) is 5.82 Å². The Bertz CT molecular complexity index is 504. The van der Waals surface area contributed by atoms with Crippen LogP contribution in [0.5, 0.6) is 0 Å². The molecule has 1 heterocycles. The molecular weight excluding hydrogens is 285 g/mol. The van der Waals surface area contributed by atoms with Crippen molar-refractivity contribution in [1.82, 2.24) is 10.4 Å². The molecule has 0 aliphatic heterocycles. The van der Waals surface area contributed by atoms with Gasteiger partial charge in [0.15, 0.2) is 0 Å². The fourth-order valence-electron chi connectivity index (χ4n) is 1.66. The molecule has 1 aromatic heterocycles. The molecule has 2 rings (SSSR count). The van der Waals surface area contributed by atoms with Crippen molar-refractivity contribution >= 4 is 15.9 Å². The molecular formula is C12H11BrFN3. The van der Waals surface area contributed by atoms with Crippen LogP contribution in [0.25, 0.3) is 0 Å². The number of benzene rings is 1. The van der Waals surface area contributed by atoms with E-state index in [-0.39, 0.29) is 5.82 Å². The summed E-state index contributed by atoms with van der Waals surface area (Å²) in [6.07, 6.45) is 3.32. The topological polar surface area (TPSA) is 50.9 Å². The molecule has 0 fully saturated rings. The minimum atomic E-state index is -0.416. The van der Waals surface area contributed by atoms with E-state index in [9.17, 15) is 4.39 Å². The molecule has 0 radical (unpaired) electrons. The van der Waals surface area contributed by atoms with Gasteiger partial charge in [0, 0.05) is 18.0 Å². The van der Waals surface area contributed by atoms with Crippen molar-refractivity contribution in [2.45, 2.75) is 6.04 Å². The first-order valence-corrected chi connectivity index (χ1v) is 5.83. The van der Waals surface area contributed by atoms with Gasteiger partial charge < -0.3 is 0 Å². The molecule has 0 aliphatic carbocycles. The first kappa shape index (κ1) is 12.2. The van der Waals surface area contributed by atoms with Gasteiger partial charge in [-0.15, -0.1) is 0 Å². The minimum Gasteiger partial charge on any atom is -0.271 e. The van der Waals surface area contributed by atoms with E-state index < -0.39 is 6.04 Å². The molecule has 0 bridgehead atoms. The highest BCUT2D eigenvalue weighted by Crippen LogP contribution is 2.27. The van der Waals surface area contributed by atoms with Crippen LogP contribution in [-0.2, 0) is 0 Å². The largest absolute Gasteiger partial charge is 0.271 e. The zero-order valence-corrected chi connectivity index (χ0v) is 10.5. The number of nitrogens with one attached hydrogen (secondary N) is 1. The number of hydrogen-bond acceptors (Lipinski definition) is 3. The summed E-state index contributed by atoms with van der Waals surface area (Å²) in [5.41, 5.74) is 3.90. The highest BCUT2D eigenvalue weighted by atomic mass is 79.9. The Morgan fingerprint density at radius 2 is 2.12 bits per heavy atom. The average Bonchev–Trinajstić information content (AvgIpc) is 2.37. The lowest BCUT2D eigenvalue weighted by Gasteiger charge is -2.17. The number of pyridine rings is 1. The van der Waals surface area contributed by atoms with Crippen molar-refractivity contribution in [3.8, 4) is 0 Å². The summed E-state index contributed by atoms with van der Waals surface area (Å²) in [5.74, 6) is 5.18. The second-order valence-corrected chi connectivity index (χ2v) is 4.38. The maximum absolute atomic E-state index is 14.0. The molecule has 1 aromatic carbocycles. The lowest BCUT2D eigenvalue weighted by atomic mass is 10.0. The molecule has 2 aromatic rings. The Hall–Kier alpha value is -1.30. The second-order valence-electron chi connectivity index (χ2n) is 3.53. The molecule has 0 aliphatic rings. The van der Waals surface area contributed by atoms with E-state index in [0.717, 1.165) is 5.56 Å². The van der Waals surface area contributed by atoms with E-state index in [1.54, 1.807) is 36.7 Å². The van der Waals surface area contributed by atoms with Crippen LogP contribution in [0, 0.1) is 5.82 Å². The zero-order chi connectivity index (χ0) is 12.3. The summed E-state index contributed by atoms with van der Waals surface area (Å²) in [5, 5.41) is 0. The standard InChI is InChI=1S/C12H11BrFN3/c13-10-5-1-4-9(11(10)14)12(17-15)8-3-2-6-16-7-8/h1-7,12,17H,15H2. The van der Waals surface area contributed by atoms with E-state index in [0.29, 0.717) is 10.0 Å². The second kappa shape index (κ2) is 5.35. The van der Waals surface area contributed by atoms with Crippen LogP contribution in [0.2, 0.25) is 0 Å². The van der Waals surface area contributed by atoms with Crippen LogP contribution in [0.15, 0.2) is 47.2 Å². The molecule has 5 heteroatoms. The summed E-state index contributed by atoms with van der Waals surface area (Å²) in [4.78, 5) is 4.00. The monoisotopic (exact) mass is 295 g/mol. The molecule has 3 nitrogen and oxygen atoms in total. The van der Waals surface area contributed by atoms with Crippen LogP contribution >= 0.6 is 15.9 Å². The fraction of sp³-hybridized carbons (Fsp3) is 0.0833. The Balaban J connectivity index is 2.46. The van der Waals surface area contributed by atoms with Crippen molar-refractivity contribution in [2.75, 3.05) is 0 Å². The van der Waals surface area contributed by atoms with Gasteiger partial charge in [-0.2, -0.15) is 0 Å². The third-order valence-electron chi connectivity index (χ3n) is 2.48. The van der Waals surface area contributed by atoms with Gasteiger partial charge >= 0.3 is 0 Å². The van der Waals surface area contributed by atoms with E-state index in [2.05, 4.69) is 26.3 Å².